The molecule has 0 spiro atoms. The van der Waals surface area contributed by atoms with Crippen LogP contribution in [0.2, 0.25) is 0 Å². The van der Waals surface area contributed by atoms with Gasteiger partial charge in [-0.2, -0.15) is 0 Å². The first-order valence-corrected chi connectivity index (χ1v) is 5.07. The van der Waals surface area contributed by atoms with Crippen LogP contribution in [0.25, 0.3) is 0 Å². The Morgan fingerprint density at radius 1 is 1.56 bits per heavy atom. The first-order valence-electron chi connectivity index (χ1n) is 5.07. The highest BCUT2D eigenvalue weighted by Gasteiger charge is 2.28. The Kier molecular flexibility index (Phi) is 2.64. The topological polar surface area (TPSA) is 83.6 Å². The number of amides is 1. The van der Waals surface area contributed by atoms with E-state index in [1.54, 1.807) is 11.9 Å². The molecule has 0 atom stereocenters. The monoisotopic (exact) mass is 224 g/mol. The van der Waals surface area contributed by atoms with Gasteiger partial charge < -0.3 is 14.5 Å². The number of aromatic nitrogens is 1. The van der Waals surface area contributed by atoms with Crippen molar-refractivity contribution >= 4 is 11.9 Å². The van der Waals surface area contributed by atoms with Gasteiger partial charge in [-0.1, -0.05) is 5.16 Å². The second kappa shape index (κ2) is 3.96. The van der Waals surface area contributed by atoms with E-state index in [0.29, 0.717) is 0 Å². The van der Waals surface area contributed by atoms with E-state index in [0.717, 1.165) is 25.3 Å². The van der Waals surface area contributed by atoms with E-state index in [4.69, 9.17) is 5.11 Å². The lowest BCUT2D eigenvalue weighted by molar-refractivity contribution is 0.0627. The van der Waals surface area contributed by atoms with E-state index in [-0.39, 0.29) is 23.4 Å². The van der Waals surface area contributed by atoms with Gasteiger partial charge in [-0.05, 0) is 19.3 Å². The maximum absolute atomic E-state index is 11.8. The third-order valence-electron chi connectivity index (χ3n) is 2.88. The maximum atomic E-state index is 11.8. The highest BCUT2D eigenvalue weighted by atomic mass is 16.5. The molecule has 0 saturated heterocycles. The Bertz CT molecular complexity index is 422. The highest BCUT2D eigenvalue weighted by Crippen LogP contribution is 2.24. The molecule has 1 heterocycles. The van der Waals surface area contributed by atoms with Crippen LogP contribution >= 0.6 is 0 Å². The number of rotatable bonds is 3. The Morgan fingerprint density at radius 2 is 2.25 bits per heavy atom. The van der Waals surface area contributed by atoms with Gasteiger partial charge in [0, 0.05) is 19.2 Å². The summed E-state index contributed by atoms with van der Waals surface area (Å²) in [5, 5.41) is 12.1. The van der Waals surface area contributed by atoms with Crippen molar-refractivity contribution in [3.8, 4) is 0 Å². The molecule has 1 saturated carbocycles. The van der Waals surface area contributed by atoms with Gasteiger partial charge in [0.15, 0.2) is 5.69 Å². The van der Waals surface area contributed by atoms with Crippen molar-refractivity contribution in [2.45, 2.75) is 25.3 Å². The Labute approximate surface area is 91.8 Å². The Hall–Kier alpha value is -1.85. The van der Waals surface area contributed by atoms with E-state index < -0.39 is 5.97 Å². The first kappa shape index (κ1) is 10.7. The number of hydrogen-bond acceptors (Lipinski definition) is 4. The summed E-state index contributed by atoms with van der Waals surface area (Å²) in [6.07, 6.45) is 3.11. The number of carboxylic acids is 1. The van der Waals surface area contributed by atoms with Gasteiger partial charge in [0.05, 0.1) is 0 Å². The van der Waals surface area contributed by atoms with Gasteiger partial charge in [0.1, 0.15) is 0 Å². The van der Waals surface area contributed by atoms with Crippen molar-refractivity contribution in [1.82, 2.24) is 10.1 Å². The van der Waals surface area contributed by atoms with Gasteiger partial charge in [0.25, 0.3) is 5.91 Å². The molecular formula is C10H12N2O4. The van der Waals surface area contributed by atoms with Crippen LogP contribution in [0.15, 0.2) is 10.6 Å². The SMILES string of the molecule is CN(C(=O)c1cc(C(=O)O)on1)C1CCC1. The fourth-order valence-electron chi connectivity index (χ4n) is 1.60. The number of hydrogen-bond donors (Lipinski definition) is 1. The molecular weight excluding hydrogens is 212 g/mol. The molecule has 1 amide bonds. The molecule has 1 fully saturated rings. The smallest absolute Gasteiger partial charge is 0.374 e. The number of carbonyl (C=O) groups is 2. The molecule has 86 valence electrons. The van der Waals surface area contributed by atoms with Crippen LogP contribution in [-0.2, 0) is 0 Å². The summed E-state index contributed by atoms with van der Waals surface area (Å²) < 4.78 is 4.53. The second-order valence-corrected chi connectivity index (χ2v) is 3.88. The summed E-state index contributed by atoms with van der Waals surface area (Å²) in [7, 11) is 1.70. The minimum atomic E-state index is -1.22. The zero-order valence-corrected chi connectivity index (χ0v) is 8.84. The Morgan fingerprint density at radius 3 is 2.69 bits per heavy atom. The van der Waals surface area contributed by atoms with Gasteiger partial charge >= 0.3 is 5.97 Å². The summed E-state index contributed by atoms with van der Waals surface area (Å²) in [5.74, 6) is -1.83. The van der Waals surface area contributed by atoms with Crippen molar-refractivity contribution in [1.29, 1.82) is 0 Å². The minimum Gasteiger partial charge on any atom is -0.475 e. The zero-order chi connectivity index (χ0) is 11.7. The molecule has 0 aromatic carbocycles. The predicted molar refractivity (Wildman–Crippen MR) is 53.2 cm³/mol. The van der Waals surface area contributed by atoms with Crippen molar-refractivity contribution < 1.29 is 19.2 Å². The molecule has 1 aliphatic carbocycles. The van der Waals surface area contributed by atoms with E-state index >= 15 is 0 Å². The number of carboxylic acid groups (broad SMARTS) is 1. The van der Waals surface area contributed by atoms with E-state index in [1.165, 1.54) is 0 Å². The second-order valence-electron chi connectivity index (χ2n) is 3.88. The average molecular weight is 224 g/mol. The minimum absolute atomic E-state index is 0.0480. The van der Waals surface area contributed by atoms with Crippen LogP contribution in [-0.4, -0.2) is 40.1 Å². The largest absolute Gasteiger partial charge is 0.475 e. The maximum Gasteiger partial charge on any atom is 0.374 e. The number of carbonyl (C=O) groups excluding carboxylic acids is 1. The molecule has 0 radical (unpaired) electrons. The third-order valence-corrected chi connectivity index (χ3v) is 2.88. The molecule has 6 heteroatoms. The normalized spacial score (nSPS) is 15.6. The molecule has 0 bridgehead atoms. The Balaban J connectivity index is 2.10. The average Bonchev–Trinajstić information content (AvgIpc) is 2.62. The highest BCUT2D eigenvalue weighted by molar-refractivity contribution is 5.94. The molecule has 0 unspecified atom stereocenters. The van der Waals surface area contributed by atoms with Gasteiger partial charge in [-0.3, -0.25) is 4.79 Å². The third kappa shape index (κ3) is 1.78. The summed E-state index contributed by atoms with van der Waals surface area (Å²) in [5.41, 5.74) is 0.0480. The summed E-state index contributed by atoms with van der Waals surface area (Å²) in [6, 6.07) is 1.40. The lowest BCUT2D eigenvalue weighted by Crippen LogP contribution is -2.41. The number of aromatic carboxylic acids is 1. The van der Waals surface area contributed by atoms with Crippen LogP contribution in [0.1, 0.15) is 40.3 Å². The van der Waals surface area contributed by atoms with Crippen molar-refractivity contribution in [2.75, 3.05) is 7.05 Å². The fraction of sp³-hybridized carbons (Fsp3) is 0.500. The summed E-state index contributed by atoms with van der Waals surface area (Å²) >= 11 is 0. The number of nitrogens with zero attached hydrogens (tertiary/aromatic N) is 2. The fourth-order valence-corrected chi connectivity index (χ4v) is 1.60. The molecule has 0 aliphatic heterocycles. The summed E-state index contributed by atoms with van der Waals surface area (Å²) in [4.78, 5) is 24.0. The van der Waals surface area contributed by atoms with Gasteiger partial charge in [-0.25, -0.2) is 4.79 Å². The predicted octanol–water partition coefficient (Wildman–Crippen LogP) is 0.997. The van der Waals surface area contributed by atoms with E-state index in [2.05, 4.69) is 9.68 Å². The van der Waals surface area contributed by atoms with Crippen molar-refractivity contribution in [2.24, 2.45) is 0 Å². The molecule has 1 aromatic rings. The van der Waals surface area contributed by atoms with E-state index in [9.17, 15) is 9.59 Å². The van der Waals surface area contributed by atoms with Crippen LogP contribution in [0.3, 0.4) is 0 Å². The molecule has 1 N–H and O–H groups in total. The molecule has 16 heavy (non-hydrogen) atoms. The van der Waals surface area contributed by atoms with Crippen LogP contribution in [0.4, 0.5) is 0 Å². The van der Waals surface area contributed by atoms with Gasteiger partial charge in [-0.15, -0.1) is 0 Å². The van der Waals surface area contributed by atoms with Crippen LogP contribution in [0, 0.1) is 0 Å². The molecule has 1 aromatic heterocycles. The van der Waals surface area contributed by atoms with Crippen molar-refractivity contribution in [3.05, 3.63) is 17.5 Å². The molecule has 6 nitrogen and oxygen atoms in total. The molecule has 2 rings (SSSR count). The van der Waals surface area contributed by atoms with E-state index in [1.807, 2.05) is 0 Å². The standard InChI is InChI=1S/C10H12N2O4/c1-12(6-3-2-4-6)9(13)7-5-8(10(14)15)16-11-7/h5-6H,2-4H2,1H3,(H,14,15). The zero-order valence-electron chi connectivity index (χ0n) is 8.84. The first-order chi connectivity index (χ1) is 7.59. The molecule has 1 aliphatic rings. The van der Waals surface area contributed by atoms with Gasteiger partial charge in [0.2, 0.25) is 5.76 Å². The van der Waals surface area contributed by atoms with Crippen LogP contribution < -0.4 is 0 Å². The van der Waals surface area contributed by atoms with Crippen LogP contribution in [0.5, 0.6) is 0 Å². The summed E-state index contributed by atoms with van der Waals surface area (Å²) in [6.45, 7) is 0. The van der Waals surface area contributed by atoms with Crippen molar-refractivity contribution in [3.63, 3.8) is 0 Å². The quantitative estimate of drug-likeness (QED) is 0.827. The lowest BCUT2D eigenvalue weighted by Gasteiger charge is -2.34. The lowest BCUT2D eigenvalue weighted by atomic mass is 9.92.